The Morgan fingerprint density at radius 2 is 1.80 bits per heavy atom. The smallest absolute Gasteiger partial charge is 0.335 e. The van der Waals surface area contributed by atoms with Gasteiger partial charge in [0.05, 0.1) is 29.7 Å². The van der Waals surface area contributed by atoms with E-state index in [0.29, 0.717) is 32.5 Å². The molecule has 0 unspecified atom stereocenters. The number of aliphatic hydroxyl groups excluding tert-OH is 4. The number of fused-ring (bicyclic) bond motifs is 2. The SMILES string of the molecule is Cc1c(C(=O)CCc2ccccc2)c(O)c2c(O[C@H]3O[C@H](CO)[C@@]4(CC[C@@H](C)[C@H]5CCOC[C@@]5(CCCO)CSSCO4)[C@H](O)[C@H]3O)cc(C(=O)O)cc2c1O. The zero-order valence-electron chi connectivity index (χ0n) is 31.6. The second-order valence-electron chi connectivity index (χ2n) is 15.3. The molecule has 3 aliphatic heterocycles. The van der Waals surface area contributed by atoms with E-state index in [2.05, 4.69) is 6.92 Å². The zero-order chi connectivity index (χ0) is 40.2. The van der Waals surface area contributed by atoms with Crippen LogP contribution in [0.4, 0.5) is 0 Å². The highest BCUT2D eigenvalue weighted by molar-refractivity contribution is 8.76. The molecule has 15 heteroatoms. The first-order chi connectivity index (χ1) is 26.9. The van der Waals surface area contributed by atoms with Gasteiger partial charge in [-0.15, -0.1) is 0 Å². The van der Waals surface area contributed by atoms with E-state index in [0.717, 1.165) is 36.3 Å². The van der Waals surface area contributed by atoms with Crippen molar-refractivity contribution in [3.05, 3.63) is 64.7 Å². The molecule has 3 heterocycles. The number of aromatic hydroxyl groups is 2. The third kappa shape index (κ3) is 8.38. The number of aryl methyl sites for hydroxylation is 1. The van der Waals surface area contributed by atoms with Crippen LogP contribution in [0, 0.1) is 24.2 Å². The maximum absolute atomic E-state index is 13.6. The number of phenolic OH excluding ortho intramolecular Hbond substituents is 2. The highest BCUT2D eigenvalue weighted by atomic mass is 33.1. The third-order valence-corrected chi connectivity index (χ3v) is 14.2. The zero-order valence-corrected chi connectivity index (χ0v) is 33.2. The Balaban J connectivity index is 1.32. The van der Waals surface area contributed by atoms with Gasteiger partial charge in [-0.1, -0.05) is 58.8 Å². The summed E-state index contributed by atoms with van der Waals surface area (Å²) in [4.78, 5) is 25.9. The predicted octanol–water partition coefficient (Wildman–Crippen LogP) is 5.21. The Kier molecular flexibility index (Phi) is 13.8. The number of Topliss-reactive ketones (excluding diaryl/α,β-unsaturated/α-hetero) is 1. The molecule has 0 aliphatic carbocycles. The molecule has 0 aromatic heterocycles. The normalized spacial score (nSPS) is 30.0. The fourth-order valence-corrected chi connectivity index (χ4v) is 11.3. The van der Waals surface area contributed by atoms with Crippen LogP contribution in [-0.4, -0.2) is 116 Å². The third-order valence-electron chi connectivity index (χ3n) is 12.0. The lowest BCUT2D eigenvalue weighted by Gasteiger charge is -2.51. The van der Waals surface area contributed by atoms with Crippen LogP contribution in [-0.2, 0) is 20.6 Å². The Labute approximate surface area is 333 Å². The van der Waals surface area contributed by atoms with E-state index in [1.807, 2.05) is 30.3 Å². The number of rotatable bonds is 11. The van der Waals surface area contributed by atoms with Crippen LogP contribution in [0.25, 0.3) is 10.8 Å². The second kappa shape index (κ2) is 18.2. The van der Waals surface area contributed by atoms with Crippen LogP contribution in [0.2, 0.25) is 0 Å². The van der Waals surface area contributed by atoms with Crippen LogP contribution in [0.5, 0.6) is 17.2 Å². The molecule has 1 spiro atoms. The molecular weight excluding hydrogens is 765 g/mol. The Morgan fingerprint density at radius 1 is 1.04 bits per heavy atom. The number of carbonyl (C=O) groups excluding carboxylic acids is 1. The molecule has 3 aliphatic rings. The number of hydrogen-bond donors (Lipinski definition) is 7. The monoisotopic (exact) mass is 816 g/mol. The van der Waals surface area contributed by atoms with Gasteiger partial charge in [-0.2, -0.15) is 0 Å². The summed E-state index contributed by atoms with van der Waals surface area (Å²) >= 11 is 0. The first-order valence-corrected chi connectivity index (χ1v) is 21.5. The standard InChI is InChI=1S/C41H52O13S2/c1-23-11-14-41(52-22-56-55-21-40(13-6-15-42)20-51-16-12-28(23)40)31(19-43)54-39(36(47)37(41)48)53-30-18-26(38(49)50)17-27-33(30)35(46)32(24(2)34(27)45)29(44)10-9-25-7-4-3-5-8-25/h3-5,7-8,17-18,23,28,31,36-37,39,42-43,45-48H,6,9-16,19-22H2,1-2H3,(H,49,50)/t23-,28-,31-,36-,37-,39+,40+,41+/m1/s1. The molecule has 8 atom stereocenters. The van der Waals surface area contributed by atoms with Crippen molar-refractivity contribution in [3.8, 4) is 17.2 Å². The molecule has 56 heavy (non-hydrogen) atoms. The minimum atomic E-state index is -1.79. The van der Waals surface area contributed by atoms with Crippen molar-refractivity contribution in [2.24, 2.45) is 17.3 Å². The van der Waals surface area contributed by atoms with E-state index in [1.165, 1.54) is 17.7 Å². The van der Waals surface area contributed by atoms with Gasteiger partial charge in [-0.3, -0.25) is 4.79 Å². The van der Waals surface area contributed by atoms with E-state index in [9.17, 15) is 45.3 Å². The van der Waals surface area contributed by atoms with Crippen LogP contribution < -0.4 is 4.74 Å². The van der Waals surface area contributed by atoms with Crippen molar-refractivity contribution in [1.82, 2.24) is 0 Å². The lowest BCUT2D eigenvalue weighted by atomic mass is 9.64. The van der Waals surface area contributed by atoms with Crippen LogP contribution >= 0.6 is 21.6 Å². The molecule has 306 valence electrons. The molecule has 0 saturated carbocycles. The summed E-state index contributed by atoms with van der Waals surface area (Å²) in [5.74, 6) is -1.95. The second-order valence-corrected chi connectivity index (χ2v) is 17.7. The van der Waals surface area contributed by atoms with Crippen LogP contribution in [0.15, 0.2) is 42.5 Å². The van der Waals surface area contributed by atoms with Crippen LogP contribution in [0.1, 0.15) is 77.3 Å². The number of phenols is 2. The van der Waals surface area contributed by atoms with Crippen molar-refractivity contribution < 1.29 is 64.3 Å². The molecule has 0 bridgehead atoms. The van der Waals surface area contributed by atoms with E-state index >= 15 is 0 Å². The quantitative estimate of drug-likeness (QED) is 0.0752. The predicted molar refractivity (Wildman–Crippen MR) is 211 cm³/mol. The molecule has 3 aromatic carbocycles. The van der Waals surface area contributed by atoms with Crippen molar-refractivity contribution in [2.45, 2.75) is 89.0 Å². The van der Waals surface area contributed by atoms with Gasteiger partial charge in [0.1, 0.15) is 47.1 Å². The lowest BCUT2D eigenvalue weighted by Crippen LogP contribution is -2.69. The average Bonchev–Trinajstić information content (AvgIpc) is 3.22. The lowest BCUT2D eigenvalue weighted by molar-refractivity contribution is -0.322. The van der Waals surface area contributed by atoms with Gasteiger partial charge in [0.15, 0.2) is 5.78 Å². The van der Waals surface area contributed by atoms with Crippen LogP contribution in [0.3, 0.4) is 0 Å². The van der Waals surface area contributed by atoms with E-state index in [-0.39, 0.29) is 75.9 Å². The number of hydrogen-bond acceptors (Lipinski definition) is 14. The van der Waals surface area contributed by atoms with Gasteiger partial charge in [0.2, 0.25) is 6.29 Å². The summed E-state index contributed by atoms with van der Waals surface area (Å²) in [5.41, 5.74) is -1.29. The summed E-state index contributed by atoms with van der Waals surface area (Å²) in [6.07, 6.45) is -2.96. The number of ether oxygens (including phenoxy) is 4. The summed E-state index contributed by atoms with van der Waals surface area (Å²) in [5, 5.41) is 76.8. The summed E-state index contributed by atoms with van der Waals surface area (Å²) < 4.78 is 24.7. The topological polar surface area (TPSA) is 213 Å². The highest BCUT2D eigenvalue weighted by Gasteiger charge is 2.58. The maximum Gasteiger partial charge on any atom is 0.335 e. The maximum atomic E-state index is 13.6. The fraction of sp³-hybridized carbons (Fsp3) is 0.561. The van der Waals surface area contributed by atoms with Gasteiger partial charge >= 0.3 is 5.97 Å². The number of aliphatic hydroxyl groups is 4. The molecule has 13 nitrogen and oxygen atoms in total. The number of carboxylic acid groups (broad SMARTS) is 1. The number of ketones is 1. The van der Waals surface area contributed by atoms with Gasteiger partial charge in [0, 0.05) is 41.8 Å². The molecular formula is C41H52O13S2. The van der Waals surface area contributed by atoms with Crippen molar-refractivity contribution in [1.29, 1.82) is 0 Å². The Morgan fingerprint density at radius 3 is 2.52 bits per heavy atom. The largest absolute Gasteiger partial charge is 0.507 e. The number of benzene rings is 3. The highest BCUT2D eigenvalue weighted by Crippen LogP contribution is 2.51. The van der Waals surface area contributed by atoms with E-state index in [1.54, 1.807) is 10.8 Å². The Hall–Kier alpha value is -3.12. The average molecular weight is 817 g/mol. The summed E-state index contributed by atoms with van der Waals surface area (Å²) in [6.45, 7) is 4.24. The van der Waals surface area contributed by atoms with E-state index < -0.39 is 60.1 Å². The van der Waals surface area contributed by atoms with Crippen molar-refractivity contribution in [3.63, 3.8) is 0 Å². The summed E-state index contributed by atoms with van der Waals surface area (Å²) in [6, 6.07) is 11.5. The minimum absolute atomic E-state index is 0.00273. The Bertz CT molecular complexity index is 1860. The summed E-state index contributed by atoms with van der Waals surface area (Å²) in [7, 11) is 3.05. The van der Waals surface area contributed by atoms with E-state index in [4.69, 9.17) is 18.9 Å². The first-order valence-electron chi connectivity index (χ1n) is 19.1. The number of carbonyl (C=O) groups is 2. The van der Waals surface area contributed by atoms with Gasteiger partial charge < -0.3 is 54.7 Å². The minimum Gasteiger partial charge on any atom is -0.507 e. The van der Waals surface area contributed by atoms with Crippen molar-refractivity contribution >= 4 is 44.1 Å². The first kappa shape index (κ1) is 42.5. The van der Waals surface area contributed by atoms with Gasteiger partial charge in [-0.25, -0.2) is 4.79 Å². The molecule has 3 aromatic rings. The fourth-order valence-electron chi connectivity index (χ4n) is 8.90. The van der Waals surface area contributed by atoms with Gasteiger partial charge in [0.25, 0.3) is 0 Å². The van der Waals surface area contributed by atoms with Gasteiger partial charge in [-0.05, 0) is 75.0 Å². The molecule has 0 amide bonds. The van der Waals surface area contributed by atoms with Crippen molar-refractivity contribution in [2.75, 3.05) is 38.1 Å². The molecule has 7 N–H and O–H groups in total. The molecule has 0 radical (unpaired) electrons. The number of carboxylic acids is 1. The molecule has 6 rings (SSSR count). The molecule has 3 fully saturated rings. The molecule has 3 saturated heterocycles. The number of aromatic carboxylic acids is 1.